The van der Waals surface area contributed by atoms with Crippen molar-refractivity contribution in [2.75, 3.05) is 10.0 Å². The second-order valence-corrected chi connectivity index (χ2v) is 8.24. The highest BCUT2D eigenvalue weighted by molar-refractivity contribution is 7.92. The molecule has 7 heteroatoms. The lowest BCUT2D eigenvalue weighted by Gasteiger charge is -2.15. The number of amides is 1. The van der Waals surface area contributed by atoms with Crippen molar-refractivity contribution in [2.24, 2.45) is 0 Å². The van der Waals surface area contributed by atoms with Gasteiger partial charge in [-0.15, -0.1) is 0 Å². The van der Waals surface area contributed by atoms with Crippen LogP contribution in [0.25, 0.3) is 0 Å². The van der Waals surface area contributed by atoms with Crippen LogP contribution in [0.15, 0.2) is 83.8 Å². The summed E-state index contributed by atoms with van der Waals surface area (Å²) >= 11 is 0. The molecule has 0 aliphatic heterocycles. The SMILES string of the molecule is Cc1ccc(O[C@@H](C)C(=O)Nc2ccc(S(=O)(=O)Nc3ccccc3)cc2)cc1. The predicted octanol–water partition coefficient (Wildman–Crippen LogP) is 4.20. The standard InChI is InChI=1S/C22H22N2O4S/c1-16-8-12-20(13-9-16)28-17(2)22(25)23-18-10-14-21(15-11-18)29(26,27)24-19-6-4-3-5-7-19/h3-15,17,24H,1-2H3,(H,23,25)/t17-/m0/s1. The molecule has 1 amide bonds. The third kappa shape index (κ3) is 5.58. The van der Waals surface area contributed by atoms with Crippen LogP contribution >= 0.6 is 0 Å². The fraction of sp³-hybridized carbons (Fsp3) is 0.136. The zero-order valence-electron chi connectivity index (χ0n) is 16.1. The van der Waals surface area contributed by atoms with Crippen LogP contribution in [-0.2, 0) is 14.8 Å². The highest BCUT2D eigenvalue weighted by Crippen LogP contribution is 2.19. The summed E-state index contributed by atoms with van der Waals surface area (Å²) in [5.74, 6) is 0.273. The van der Waals surface area contributed by atoms with Gasteiger partial charge in [-0.1, -0.05) is 35.9 Å². The van der Waals surface area contributed by atoms with Gasteiger partial charge in [0.15, 0.2) is 6.10 Å². The molecular weight excluding hydrogens is 388 g/mol. The number of anilines is 2. The number of carbonyl (C=O) groups excluding carboxylic acids is 1. The van der Waals surface area contributed by atoms with E-state index in [9.17, 15) is 13.2 Å². The van der Waals surface area contributed by atoms with Gasteiger partial charge in [-0.3, -0.25) is 9.52 Å². The van der Waals surface area contributed by atoms with Crippen molar-refractivity contribution in [2.45, 2.75) is 24.8 Å². The molecule has 0 aliphatic rings. The Morgan fingerprint density at radius 3 is 2.10 bits per heavy atom. The Bertz CT molecular complexity index is 1060. The molecule has 2 N–H and O–H groups in total. The first-order valence-corrected chi connectivity index (χ1v) is 10.5. The Balaban J connectivity index is 1.62. The summed E-state index contributed by atoms with van der Waals surface area (Å²) in [6, 6.07) is 22.0. The predicted molar refractivity (Wildman–Crippen MR) is 114 cm³/mol. The van der Waals surface area contributed by atoms with Crippen LogP contribution in [0, 0.1) is 6.92 Å². The smallest absolute Gasteiger partial charge is 0.265 e. The van der Waals surface area contributed by atoms with Crippen LogP contribution in [0.4, 0.5) is 11.4 Å². The van der Waals surface area contributed by atoms with Crippen LogP contribution in [0.5, 0.6) is 5.75 Å². The van der Waals surface area contributed by atoms with Gasteiger partial charge in [-0.25, -0.2) is 8.42 Å². The van der Waals surface area contributed by atoms with Crippen molar-refractivity contribution in [3.05, 3.63) is 84.4 Å². The van der Waals surface area contributed by atoms with Crippen LogP contribution < -0.4 is 14.8 Å². The minimum Gasteiger partial charge on any atom is -0.481 e. The van der Waals surface area contributed by atoms with Crippen molar-refractivity contribution in [3.63, 3.8) is 0 Å². The highest BCUT2D eigenvalue weighted by atomic mass is 32.2. The number of aryl methyl sites for hydroxylation is 1. The van der Waals surface area contributed by atoms with Gasteiger partial charge < -0.3 is 10.1 Å². The summed E-state index contributed by atoms with van der Waals surface area (Å²) in [5, 5.41) is 2.72. The summed E-state index contributed by atoms with van der Waals surface area (Å²) in [5.41, 5.74) is 2.06. The quantitative estimate of drug-likeness (QED) is 0.611. The van der Waals surface area contributed by atoms with E-state index in [0.29, 0.717) is 17.1 Å². The summed E-state index contributed by atoms with van der Waals surface area (Å²) in [7, 11) is -3.71. The van der Waals surface area contributed by atoms with Crippen LogP contribution in [0.2, 0.25) is 0 Å². The molecule has 0 fully saturated rings. The Hall–Kier alpha value is -3.32. The Labute approximate surface area is 170 Å². The van der Waals surface area contributed by atoms with Gasteiger partial charge in [0.1, 0.15) is 5.75 Å². The maximum Gasteiger partial charge on any atom is 0.265 e. The lowest BCUT2D eigenvalue weighted by Crippen LogP contribution is -2.30. The zero-order chi connectivity index (χ0) is 20.9. The van der Waals surface area contributed by atoms with E-state index in [2.05, 4.69) is 10.0 Å². The second kappa shape index (κ2) is 8.79. The molecule has 0 spiro atoms. The van der Waals surface area contributed by atoms with Crippen LogP contribution in [-0.4, -0.2) is 20.4 Å². The first-order valence-electron chi connectivity index (χ1n) is 9.05. The van der Waals surface area contributed by atoms with Gasteiger partial charge in [0, 0.05) is 11.4 Å². The topological polar surface area (TPSA) is 84.5 Å². The lowest BCUT2D eigenvalue weighted by molar-refractivity contribution is -0.122. The van der Waals surface area contributed by atoms with Crippen molar-refractivity contribution >= 4 is 27.3 Å². The fourth-order valence-electron chi connectivity index (χ4n) is 2.56. The first-order chi connectivity index (χ1) is 13.8. The molecule has 6 nitrogen and oxygen atoms in total. The van der Waals surface area contributed by atoms with Gasteiger partial charge in [-0.2, -0.15) is 0 Å². The van der Waals surface area contributed by atoms with E-state index in [1.54, 1.807) is 49.4 Å². The first kappa shape index (κ1) is 20.4. The van der Waals surface area contributed by atoms with Crippen molar-refractivity contribution < 1.29 is 17.9 Å². The maximum absolute atomic E-state index is 12.5. The number of para-hydroxylation sites is 1. The van der Waals surface area contributed by atoms with E-state index in [1.165, 1.54) is 24.3 Å². The molecule has 3 aromatic rings. The Kier molecular flexibility index (Phi) is 6.19. The van der Waals surface area contributed by atoms with E-state index in [4.69, 9.17) is 4.74 Å². The van der Waals surface area contributed by atoms with E-state index in [-0.39, 0.29) is 10.8 Å². The van der Waals surface area contributed by atoms with Gasteiger partial charge in [-0.05, 0) is 62.4 Å². The van der Waals surface area contributed by atoms with E-state index >= 15 is 0 Å². The zero-order valence-corrected chi connectivity index (χ0v) is 16.9. The molecule has 150 valence electrons. The molecule has 3 aromatic carbocycles. The second-order valence-electron chi connectivity index (χ2n) is 6.56. The third-order valence-corrected chi connectivity index (χ3v) is 5.56. The average Bonchev–Trinajstić information content (AvgIpc) is 2.70. The lowest BCUT2D eigenvalue weighted by atomic mass is 10.2. The Morgan fingerprint density at radius 2 is 1.48 bits per heavy atom. The van der Waals surface area contributed by atoms with Crippen LogP contribution in [0.1, 0.15) is 12.5 Å². The number of hydrogen-bond donors (Lipinski definition) is 2. The molecule has 0 aliphatic carbocycles. The number of sulfonamides is 1. The molecule has 0 unspecified atom stereocenters. The molecule has 0 aromatic heterocycles. The van der Waals surface area contributed by atoms with Crippen molar-refractivity contribution in [1.29, 1.82) is 0 Å². The van der Waals surface area contributed by atoms with Gasteiger partial charge >= 0.3 is 0 Å². The molecule has 0 bridgehead atoms. The number of hydrogen-bond acceptors (Lipinski definition) is 4. The third-order valence-electron chi connectivity index (χ3n) is 4.16. The van der Waals surface area contributed by atoms with Gasteiger partial charge in [0.2, 0.25) is 0 Å². The largest absolute Gasteiger partial charge is 0.481 e. The van der Waals surface area contributed by atoms with E-state index in [0.717, 1.165) is 5.56 Å². The number of rotatable bonds is 7. The highest BCUT2D eigenvalue weighted by Gasteiger charge is 2.17. The van der Waals surface area contributed by atoms with Gasteiger partial charge in [0.05, 0.1) is 4.90 Å². The summed E-state index contributed by atoms with van der Waals surface area (Å²) in [6.07, 6.45) is -0.708. The normalized spacial score (nSPS) is 12.1. The van der Waals surface area contributed by atoms with Crippen molar-refractivity contribution in [3.8, 4) is 5.75 Å². The summed E-state index contributed by atoms with van der Waals surface area (Å²) in [4.78, 5) is 12.4. The molecule has 29 heavy (non-hydrogen) atoms. The molecule has 0 saturated carbocycles. The molecular formula is C22H22N2O4S. The number of nitrogens with one attached hydrogen (secondary N) is 2. The number of carbonyl (C=O) groups is 1. The minimum atomic E-state index is -3.71. The number of benzene rings is 3. The van der Waals surface area contributed by atoms with Gasteiger partial charge in [0.25, 0.3) is 15.9 Å². The monoisotopic (exact) mass is 410 g/mol. The van der Waals surface area contributed by atoms with E-state index < -0.39 is 16.1 Å². The molecule has 1 atom stereocenters. The molecule has 0 heterocycles. The maximum atomic E-state index is 12.5. The fourth-order valence-corrected chi connectivity index (χ4v) is 3.61. The molecule has 0 radical (unpaired) electrons. The van der Waals surface area contributed by atoms with Crippen molar-refractivity contribution in [1.82, 2.24) is 0 Å². The Morgan fingerprint density at radius 1 is 0.862 bits per heavy atom. The number of ether oxygens (including phenoxy) is 1. The average molecular weight is 410 g/mol. The summed E-state index contributed by atoms with van der Waals surface area (Å²) in [6.45, 7) is 3.62. The van der Waals surface area contributed by atoms with Crippen LogP contribution in [0.3, 0.4) is 0 Å². The minimum absolute atomic E-state index is 0.100. The molecule has 0 saturated heterocycles. The molecule has 3 rings (SSSR count). The van der Waals surface area contributed by atoms with E-state index in [1.807, 2.05) is 19.1 Å². The summed E-state index contributed by atoms with van der Waals surface area (Å²) < 4.78 is 33.0.